The summed E-state index contributed by atoms with van der Waals surface area (Å²) in [6.45, 7) is 6.58. The van der Waals surface area contributed by atoms with Crippen molar-refractivity contribution in [3.05, 3.63) is 68.1 Å². The first-order chi connectivity index (χ1) is 26.2. The maximum absolute atomic E-state index is 13.9. The van der Waals surface area contributed by atoms with E-state index in [9.17, 15) is 39.0 Å². The van der Waals surface area contributed by atoms with Crippen LogP contribution in [-0.2, 0) is 25.6 Å². The molecule has 0 radical (unpaired) electrons. The molecule has 0 fully saturated rings. The van der Waals surface area contributed by atoms with Gasteiger partial charge in [-0.15, -0.1) is 22.7 Å². The molecule has 16 nitrogen and oxygen atoms in total. The largest absolute Gasteiger partial charge is 0.391 e. The lowest BCUT2D eigenvalue weighted by Gasteiger charge is -2.27. The van der Waals surface area contributed by atoms with Crippen LogP contribution in [0.3, 0.4) is 0 Å². The number of hydrogen-bond acceptors (Lipinski definition) is 14. The van der Waals surface area contributed by atoms with E-state index in [4.69, 9.17) is 0 Å². The molecule has 2 aliphatic heterocycles. The van der Waals surface area contributed by atoms with E-state index < -0.39 is 83.9 Å². The van der Waals surface area contributed by atoms with E-state index in [0.717, 1.165) is 49.8 Å². The first kappa shape index (κ1) is 42.1. The molecule has 0 saturated carbocycles. The molecule has 6 bridgehead atoms. The van der Waals surface area contributed by atoms with Gasteiger partial charge in [-0.25, -0.2) is 9.97 Å². The van der Waals surface area contributed by atoms with E-state index in [1.54, 1.807) is 0 Å². The van der Waals surface area contributed by atoms with Crippen LogP contribution < -0.4 is 31.9 Å². The Labute approximate surface area is 333 Å². The van der Waals surface area contributed by atoms with Crippen LogP contribution in [-0.4, -0.2) is 104 Å². The molecule has 6 amide bonds. The zero-order chi connectivity index (χ0) is 39.8. The third kappa shape index (κ3) is 11.3. The Kier molecular flexibility index (Phi) is 14.7. The summed E-state index contributed by atoms with van der Waals surface area (Å²) in [6.07, 6.45) is -2.04. The first-order valence-electron chi connectivity index (χ1n) is 17.6. The second kappa shape index (κ2) is 19.2. The number of carbonyl (C=O) groups is 6. The van der Waals surface area contributed by atoms with E-state index in [-0.39, 0.29) is 35.2 Å². The molecule has 0 saturated heterocycles. The van der Waals surface area contributed by atoms with Gasteiger partial charge in [0.25, 0.3) is 11.8 Å². The summed E-state index contributed by atoms with van der Waals surface area (Å²) in [4.78, 5) is 91.5. The predicted molar refractivity (Wildman–Crippen MR) is 210 cm³/mol. The number of nitrogens with one attached hydrogen (secondary N) is 6. The molecule has 0 spiro atoms. The maximum Gasteiger partial charge on any atom is 0.271 e. The highest BCUT2D eigenvalue weighted by molar-refractivity contribution is 8.76. The van der Waals surface area contributed by atoms with Crippen molar-refractivity contribution >= 4 is 79.7 Å². The number of rotatable bonds is 6. The van der Waals surface area contributed by atoms with E-state index in [1.165, 1.54) is 24.6 Å². The van der Waals surface area contributed by atoms with E-state index in [0.29, 0.717) is 16.4 Å². The lowest BCUT2D eigenvalue weighted by molar-refractivity contribution is -0.132. The van der Waals surface area contributed by atoms with Crippen LogP contribution >= 0.6 is 44.3 Å². The van der Waals surface area contributed by atoms with Gasteiger partial charge in [-0.05, 0) is 38.2 Å². The number of aliphatic hydroxyl groups is 2. The third-order valence-corrected chi connectivity index (χ3v) is 13.0. The average molecular weight is 833 g/mol. The number of amides is 6. The molecule has 55 heavy (non-hydrogen) atoms. The Bertz CT molecular complexity index is 1860. The molecule has 20 heteroatoms. The topological polar surface area (TPSA) is 241 Å². The first-order valence-corrected chi connectivity index (χ1v) is 21.8. The summed E-state index contributed by atoms with van der Waals surface area (Å²) >= 11 is 2.21. The number of thiazole rings is 2. The molecule has 8 unspecified atom stereocenters. The highest BCUT2D eigenvalue weighted by Gasteiger charge is 2.36. The monoisotopic (exact) mass is 832 g/mol. The van der Waals surface area contributed by atoms with Crippen LogP contribution in [0.5, 0.6) is 0 Å². The summed E-state index contributed by atoms with van der Waals surface area (Å²) in [5.74, 6) is -4.38. The maximum atomic E-state index is 13.9. The minimum atomic E-state index is -1.44. The fourth-order valence-corrected chi connectivity index (χ4v) is 9.79. The minimum Gasteiger partial charge on any atom is -0.391 e. The van der Waals surface area contributed by atoms with Crippen molar-refractivity contribution in [2.24, 2.45) is 5.92 Å². The van der Waals surface area contributed by atoms with E-state index >= 15 is 0 Å². The number of carbonyl (C=O) groups excluding carboxylic acids is 6. The van der Waals surface area contributed by atoms with Crippen LogP contribution in [0, 0.1) is 5.92 Å². The summed E-state index contributed by atoms with van der Waals surface area (Å²) < 4.78 is 0. The number of fused-ring (bicyclic) bond motifs is 9. The van der Waals surface area contributed by atoms with E-state index in [1.807, 2.05) is 44.2 Å². The molecular formula is C35H44N8O8S4. The van der Waals surface area contributed by atoms with Crippen molar-refractivity contribution in [2.45, 2.75) is 89.0 Å². The Morgan fingerprint density at radius 1 is 0.636 bits per heavy atom. The Morgan fingerprint density at radius 2 is 1.09 bits per heavy atom. The van der Waals surface area contributed by atoms with Crippen molar-refractivity contribution in [3.63, 3.8) is 0 Å². The molecule has 8 N–H and O–H groups in total. The van der Waals surface area contributed by atoms with Crippen molar-refractivity contribution < 1.29 is 39.0 Å². The standard InChI is InChI=1S/C35H44N8O8S4/c1-16(2)10-20-34-40-22(12-52-34)28(46)38-25-15-55-54-14-24(30(48)42-26(17(3)44)32(50)36-20)39-29(47)23-13-53-35(41-23)21(11-19-8-6-5-7-9-19)37-33(51)27(18(4)45)43-31(25)49/h5-9,12-13,16-18,20-21,24-27,44-45H,10-11,14-15H2,1-4H3,(H,36,50)(H,37,51)(H,38,46)(H,39,47)(H,42,48)(H,43,49). The summed E-state index contributed by atoms with van der Waals surface area (Å²) in [5.41, 5.74) is 0.787. The number of benzene rings is 1. The number of aromatic nitrogens is 2. The fraction of sp³-hybridized carbons (Fsp3) is 0.486. The van der Waals surface area contributed by atoms with Gasteiger partial charge >= 0.3 is 0 Å². The van der Waals surface area contributed by atoms with Crippen molar-refractivity contribution in [2.75, 3.05) is 11.5 Å². The number of hydrogen-bond donors (Lipinski definition) is 8. The summed E-state index contributed by atoms with van der Waals surface area (Å²) in [6, 6.07) is 2.35. The molecular weight excluding hydrogens is 789 g/mol. The van der Waals surface area contributed by atoms with Crippen LogP contribution in [0.1, 0.15) is 82.8 Å². The van der Waals surface area contributed by atoms with Gasteiger partial charge in [-0.1, -0.05) is 65.8 Å². The average Bonchev–Trinajstić information content (AvgIpc) is 3.83. The smallest absolute Gasteiger partial charge is 0.271 e. The van der Waals surface area contributed by atoms with Gasteiger partial charge in [0.15, 0.2) is 0 Å². The van der Waals surface area contributed by atoms with Gasteiger partial charge in [0.2, 0.25) is 23.6 Å². The molecule has 8 atom stereocenters. The van der Waals surface area contributed by atoms with Crippen LogP contribution in [0.2, 0.25) is 0 Å². The molecule has 3 aromatic rings. The van der Waals surface area contributed by atoms with Gasteiger partial charge < -0.3 is 42.1 Å². The van der Waals surface area contributed by atoms with Crippen LogP contribution in [0.25, 0.3) is 0 Å². The van der Waals surface area contributed by atoms with Gasteiger partial charge in [0, 0.05) is 22.3 Å². The molecule has 1 aromatic carbocycles. The quantitative estimate of drug-likeness (QED) is 0.164. The van der Waals surface area contributed by atoms with Crippen LogP contribution in [0.4, 0.5) is 0 Å². The number of nitrogens with zero attached hydrogens (tertiary/aromatic N) is 2. The van der Waals surface area contributed by atoms with Gasteiger partial charge in [-0.2, -0.15) is 0 Å². The minimum absolute atomic E-state index is 0.0134. The van der Waals surface area contributed by atoms with Crippen LogP contribution in [0.15, 0.2) is 41.1 Å². The number of aliphatic hydroxyl groups excluding tert-OH is 2. The van der Waals surface area contributed by atoms with Gasteiger partial charge in [-0.3, -0.25) is 28.8 Å². The second-order valence-corrected chi connectivity index (χ2v) is 18.0. The zero-order valence-corrected chi connectivity index (χ0v) is 33.7. The Morgan fingerprint density at radius 3 is 1.55 bits per heavy atom. The van der Waals surface area contributed by atoms with Gasteiger partial charge in [0.1, 0.15) is 45.6 Å². The molecule has 0 aliphatic carbocycles. The molecule has 4 heterocycles. The highest BCUT2D eigenvalue weighted by atomic mass is 33.1. The normalized spacial score (nSPS) is 25.9. The lowest BCUT2D eigenvalue weighted by atomic mass is 10.0. The Balaban J connectivity index is 1.57. The van der Waals surface area contributed by atoms with Crippen molar-refractivity contribution in [1.82, 2.24) is 41.9 Å². The highest BCUT2D eigenvalue weighted by Crippen LogP contribution is 2.28. The SMILES string of the molecule is CC(C)CC1NC(=O)C(C(C)O)NC(=O)C2CSSCC(NC(=O)c3csc1n3)C(=O)NC(C(C)O)C(=O)NC(Cc1ccccc1)c1nc(cs1)C(=O)N2. The summed E-state index contributed by atoms with van der Waals surface area (Å²) in [7, 11) is 2.20. The van der Waals surface area contributed by atoms with Gasteiger partial charge in [0.05, 0.1) is 24.3 Å². The third-order valence-electron chi connectivity index (χ3n) is 8.65. The molecule has 2 aliphatic rings. The summed E-state index contributed by atoms with van der Waals surface area (Å²) in [5, 5.41) is 41.4. The van der Waals surface area contributed by atoms with E-state index in [2.05, 4.69) is 41.9 Å². The van der Waals surface area contributed by atoms with Crippen molar-refractivity contribution in [1.29, 1.82) is 0 Å². The van der Waals surface area contributed by atoms with Crippen molar-refractivity contribution in [3.8, 4) is 0 Å². The predicted octanol–water partition coefficient (Wildman–Crippen LogP) is 1.24. The lowest BCUT2D eigenvalue weighted by Crippen LogP contribution is -2.58. The molecule has 2 aromatic heterocycles. The Hall–Kier alpha value is -4.08. The fourth-order valence-electron chi connectivity index (χ4n) is 5.75. The molecule has 296 valence electrons. The zero-order valence-electron chi connectivity index (χ0n) is 30.4. The second-order valence-electron chi connectivity index (χ2n) is 13.7. The molecule has 5 rings (SSSR count).